The second kappa shape index (κ2) is 9.77. The summed E-state index contributed by atoms with van der Waals surface area (Å²) in [5.74, 6) is 0.353. The molecule has 0 fully saturated rings. The first-order chi connectivity index (χ1) is 15.0. The molecule has 0 unspecified atom stereocenters. The van der Waals surface area contributed by atoms with Crippen LogP contribution in [0.15, 0.2) is 52.0 Å². The molecule has 2 aromatic heterocycles. The lowest BCUT2D eigenvalue weighted by Crippen LogP contribution is -2.14. The van der Waals surface area contributed by atoms with Crippen molar-refractivity contribution in [2.75, 3.05) is 16.8 Å². The lowest BCUT2D eigenvalue weighted by molar-refractivity contribution is -0.113. The van der Waals surface area contributed by atoms with Crippen LogP contribution in [0.25, 0.3) is 10.2 Å². The summed E-state index contributed by atoms with van der Waals surface area (Å²) < 4.78 is 3.24. The van der Waals surface area contributed by atoms with E-state index in [0.717, 1.165) is 14.6 Å². The van der Waals surface area contributed by atoms with Gasteiger partial charge in [-0.25, -0.2) is 9.67 Å². The van der Waals surface area contributed by atoms with Crippen molar-refractivity contribution < 1.29 is 9.59 Å². The lowest BCUT2D eigenvalue weighted by atomic mass is 10.1. The normalized spacial score (nSPS) is 11.0. The summed E-state index contributed by atoms with van der Waals surface area (Å²) in [7, 11) is 1.72. The molecule has 0 aliphatic rings. The highest BCUT2D eigenvalue weighted by Crippen LogP contribution is 2.31. The number of nitrogens with zero attached hydrogens (tertiary/aromatic N) is 5. The molecular weight excluding hydrogens is 476 g/mol. The van der Waals surface area contributed by atoms with Crippen LogP contribution in [-0.4, -0.2) is 48.4 Å². The van der Waals surface area contributed by atoms with Crippen molar-refractivity contribution in [3.05, 3.63) is 53.1 Å². The zero-order chi connectivity index (χ0) is 21.8. The van der Waals surface area contributed by atoms with Gasteiger partial charge in [0.25, 0.3) is 0 Å². The van der Waals surface area contributed by atoms with E-state index in [4.69, 9.17) is 11.6 Å². The number of fused-ring (bicyclic) bond motifs is 1. The van der Waals surface area contributed by atoms with Gasteiger partial charge in [0.15, 0.2) is 10.1 Å². The number of rotatable bonds is 8. The van der Waals surface area contributed by atoms with Gasteiger partial charge in [-0.2, -0.15) is 0 Å². The van der Waals surface area contributed by atoms with Gasteiger partial charge in [-0.15, -0.1) is 16.4 Å². The molecule has 0 aliphatic heterocycles. The molecule has 4 aromatic rings. The molecule has 0 saturated carbocycles. The number of tetrazole rings is 1. The highest BCUT2D eigenvalue weighted by atomic mass is 35.5. The van der Waals surface area contributed by atoms with Crippen LogP contribution in [0.3, 0.4) is 0 Å². The third kappa shape index (κ3) is 5.62. The molecule has 12 heteroatoms. The number of hydrogen-bond donors (Lipinski definition) is 1. The van der Waals surface area contributed by atoms with Crippen molar-refractivity contribution in [2.24, 2.45) is 7.05 Å². The number of thioether (sulfide) groups is 2. The molecule has 1 amide bonds. The molecule has 158 valence electrons. The Balaban J connectivity index is 1.35. The third-order valence-corrected chi connectivity index (χ3v) is 7.48. The van der Waals surface area contributed by atoms with Crippen LogP contribution in [0, 0.1) is 0 Å². The van der Waals surface area contributed by atoms with Gasteiger partial charge < -0.3 is 5.32 Å². The number of aromatic nitrogens is 5. The predicted octanol–water partition coefficient (Wildman–Crippen LogP) is 4.18. The van der Waals surface area contributed by atoms with Crippen LogP contribution in [0.2, 0.25) is 5.02 Å². The fourth-order valence-electron chi connectivity index (χ4n) is 2.56. The van der Waals surface area contributed by atoms with Crippen LogP contribution >= 0.6 is 46.5 Å². The lowest BCUT2D eigenvalue weighted by Gasteiger charge is -2.04. The average molecular weight is 491 g/mol. The van der Waals surface area contributed by atoms with E-state index in [1.807, 2.05) is 18.2 Å². The van der Waals surface area contributed by atoms with Gasteiger partial charge in [0.2, 0.25) is 11.1 Å². The van der Waals surface area contributed by atoms with Crippen LogP contribution in [-0.2, 0) is 11.8 Å². The standard InChI is InChI=1S/C19H15ClN6O2S3/c1-26-18(23-24-25-26)29-10-17(28)21-13-6-7-14-16(8-13)31-19(22-14)30-9-15(27)11-2-4-12(20)5-3-11/h2-8H,9-10H2,1H3,(H,21,28). The Bertz CT molecular complexity index is 1240. The second-order valence-electron chi connectivity index (χ2n) is 6.30. The molecule has 0 aliphatic carbocycles. The Morgan fingerprint density at radius 2 is 1.94 bits per heavy atom. The summed E-state index contributed by atoms with van der Waals surface area (Å²) in [6.07, 6.45) is 0. The van der Waals surface area contributed by atoms with Gasteiger partial charge >= 0.3 is 0 Å². The Kier molecular flexibility index (Phi) is 6.86. The van der Waals surface area contributed by atoms with Crippen molar-refractivity contribution in [2.45, 2.75) is 9.50 Å². The summed E-state index contributed by atoms with van der Waals surface area (Å²) in [5, 5.41) is 15.2. The van der Waals surface area contributed by atoms with Gasteiger partial charge in [-0.1, -0.05) is 35.1 Å². The summed E-state index contributed by atoms with van der Waals surface area (Å²) in [5.41, 5.74) is 2.13. The monoisotopic (exact) mass is 490 g/mol. The minimum absolute atomic E-state index is 0.0180. The SMILES string of the molecule is Cn1nnnc1SCC(=O)Nc1ccc2nc(SCC(=O)c3ccc(Cl)cc3)sc2c1. The molecule has 2 heterocycles. The van der Waals surface area contributed by atoms with E-state index in [-0.39, 0.29) is 17.4 Å². The number of amides is 1. The Morgan fingerprint density at radius 3 is 2.68 bits per heavy atom. The van der Waals surface area contributed by atoms with Crippen LogP contribution < -0.4 is 5.32 Å². The highest BCUT2D eigenvalue weighted by Gasteiger charge is 2.12. The maximum atomic E-state index is 12.3. The van der Waals surface area contributed by atoms with Gasteiger partial charge in [0, 0.05) is 23.3 Å². The summed E-state index contributed by atoms with van der Waals surface area (Å²) in [6, 6.07) is 12.4. The molecule has 0 bridgehead atoms. The molecule has 1 N–H and O–H groups in total. The first-order valence-corrected chi connectivity index (χ1v) is 12.1. The number of benzene rings is 2. The van der Waals surface area contributed by atoms with Crippen molar-refractivity contribution in [3.63, 3.8) is 0 Å². The minimum Gasteiger partial charge on any atom is -0.325 e. The number of ketones is 1. The zero-order valence-electron chi connectivity index (χ0n) is 16.1. The third-order valence-electron chi connectivity index (χ3n) is 4.06. The number of hydrogen-bond acceptors (Lipinski definition) is 9. The fraction of sp³-hybridized carbons (Fsp3) is 0.158. The molecule has 0 saturated heterocycles. The Hall–Kier alpha value is -2.47. The van der Waals surface area contributed by atoms with E-state index in [1.165, 1.54) is 39.5 Å². The Morgan fingerprint density at radius 1 is 1.13 bits per heavy atom. The number of halogens is 1. The molecular formula is C19H15ClN6O2S3. The highest BCUT2D eigenvalue weighted by molar-refractivity contribution is 8.01. The van der Waals surface area contributed by atoms with E-state index < -0.39 is 0 Å². The van der Waals surface area contributed by atoms with Crippen LogP contribution in [0.5, 0.6) is 0 Å². The molecule has 0 spiro atoms. The Labute approximate surface area is 194 Å². The smallest absolute Gasteiger partial charge is 0.234 e. The van der Waals surface area contributed by atoms with Gasteiger partial charge in [-0.05, 0) is 52.9 Å². The van der Waals surface area contributed by atoms with E-state index in [1.54, 1.807) is 31.3 Å². The topological polar surface area (TPSA) is 103 Å². The predicted molar refractivity (Wildman–Crippen MR) is 124 cm³/mol. The zero-order valence-corrected chi connectivity index (χ0v) is 19.3. The van der Waals surface area contributed by atoms with Gasteiger partial charge in [0.1, 0.15) is 0 Å². The quantitative estimate of drug-likeness (QED) is 0.290. The maximum absolute atomic E-state index is 12.3. The molecule has 2 aromatic carbocycles. The fourth-order valence-corrected chi connectivity index (χ4v) is 5.34. The summed E-state index contributed by atoms with van der Waals surface area (Å²) in [4.78, 5) is 29.1. The number of thiazole rings is 1. The number of carbonyl (C=O) groups is 2. The van der Waals surface area contributed by atoms with Crippen molar-refractivity contribution in [1.29, 1.82) is 0 Å². The first-order valence-electron chi connectivity index (χ1n) is 8.95. The first kappa shape index (κ1) is 21.8. The second-order valence-corrected chi connectivity index (χ2v) is 9.93. The van der Waals surface area contributed by atoms with Crippen LogP contribution in [0.4, 0.5) is 5.69 Å². The minimum atomic E-state index is -0.153. The molecule has 0 radical (unpaired) electrons. The summed E-state index contributed by atoms with van der Waals surface area (Å²) in [6.45, 7) is 0. The maximum Gasteiger partial charge on any atom is 0.234 e. The molecule has 8 nitrogen and oxygen atoms in total. The average Bonchev–Trinajstić information content (AvgIpc) is 3.36. The number of nitrogens with one attached hydrogen (secondary N) is 1. The van der Waals surface area contributed by atoms with E-state index in [9.17, 15) is 9.59 Å². The number of carbonyl (C=O) groups excluding carboxylic acids is 2. The van der Waals surface area contributed by atoms with Crippen LogP contribution in [0.1, 0.15) is 10.4 Å². The number of Topliss-reactive ketones (excluding diaryl/α,β-unsaturated/α-hetero) is 1. The van der Waals surface area contributed by atoms with E-state index in [0.29, 0.717) is 27.2 Å². The number of anilines is 1. The molecule has 31 heavy (non-hydrogen) atoms. The van der Waals surface area contributed by atoms with Gasteiger partial charge in [0.05, 0.1) is 21.7 Å². The van der Waals surface area contributed by atoms with Crippen molar-refractivity contribution >= 4 is 74.1 Å². The summed E-state index contributed by atoms with van der Waals surface area (Å²) >= 11 is 10.0. The molecule has 4 rings (SSSR count). The van der Waals surface area contributed by atoms with Crippen molar-refractivity contribution in [3.8, 4) is 0 Å². The largest absolute Gasteiger partial charge is 0.325 e. The van der Waals surface area contributed by atoms with E-state index >= 15 is 0 Å². The number of aryl methyl sites for hydroxylation is 1. The van der Waals surface area contributed by atoms with Gasteiger partial charge in [-0.3, -0.25) is 9.59 Å². The molecule has 0 atom stereocenters. The van der Waals surface area contributed by atoms with Crippen molar-refractivity contribution in [1.82, 2.24) is 25.2 Å². The van der Waals surface area contributed by atoms with E-state index in [2.05, 4.69) is 25.8 Å².